The number of carbonyl (C=O) groups is 1. The maximum Gasteiger partial charge on any atom is 0.229 e. The minimum absolute atomic E-state index is 0.0719. The maximum absolute atomic E-state index is 12.1. The molecule has 1 aliphatic rings. The van der Waals surface area contributed by atoms with Gasteiger partial charge in [0.25, 0.3) is 0 Å². The van der Waals surface area contributed by atoms with Gasteiger partial charge in [0.2, 0.25) is 5.91 Å². The van der Waals surface area contributed by atoms with Gasteiger partial charge in [-0.05, 0) is 17.8 Å². The molecule has 4 nitrogen and oxygen atoms in total. The Labute approximate surface area is 95.8 Å². The van der Waals surface area contributed by atoms with Crippen molar-refractivity contribution in [2.24, 2.45) is 16.7 Å². The van der Waals surface area contributed by atoms with Gasteiger partial charge in [-0.3, -0.25) is 9.89 Å². The van der Waals surface area contributed by atoms with Crippen LogP contribution in [0.4, 0.5) is 5.82 Å². The molecule has 0 radical (unpaired) electrons. The molecule has 1 aromatic heterocycles. The average molecular weight is 221 g/mol. The summed E-state index contributed by atoms with van der Waals surface area (Å²) in [7, 11) is 0. The number of H-pyrrole nitrogens is 1. The van der Waals surface area contributed by atoms with Gasteiger partial charge < -0.3 is 5.32 Å². The Hall–Kier alpha value is -1.32. The van der Waals surface area contributed by atoms with Crippen molar-refractivity contribution in [1.82, 2.24) is 10.2 Å². The van der Waals surface area contributed by atoms with E-state index in [1.165, 1.54) is 0 Å². The summed E-state index contributed by atoms with van der Waals surface area (Å²) in [6, 6.07) is 0. The van der Waals surface area contributed by atoms with Crippen LogP contribution in [0.2, 0.25) is 0 Å². The van der Waals surface area contributed by atoms with Gasteiger partial charge >= 0.3 is 0 Å². The van der Waals surface area contributed by atoms with E-state index in [1.54, 1.807) is 6.20 Å². The summed E-state index contributed by atoms with van der Waals surface area (Å²) in [6.07, 6.45) is 1.71. The monoisotopic (exact) mass is 221 g/mol. The van der Waals surface area contributed by atoms with Crippen LogP contribution >= 0.6 is 0 Å². The van der Waals surface area contributed by atoms with Crippen molar-refractivity contribution in [3.63, 3.8) is 0 Å². The van der Waals surface area contributed by atoms with Crippen LogP contribution in [0.3, 0.4) is 0 Å². The summed E-state index contributed by atoms with van der Waals surface area (Å²) in [5.41, 5.74) is 1.11. The molecule has 16 heavy (non-hydrogen) atoms. The highest BCUT2D eigenvalue weighted by Gasteiger charge is 2.68. The molecule has 0 atom stereocenters. The van der Waals surface area contributed by atoms with E-state index in [0.29, 0.717) is 5.82 Å². The van der Waals surface area contributed by atoms with Crippen molar-refractivity contribution >= 4 is 11.7 Å². The molecule has 1 aromatic rings. The van der Waals surface area contributed by atoms with Crippen molar-refractivity contribution in [1.29, 1.82) is 0 Å². The minimum Gasteiger partial charge on any atom is -0.311 e. The quantitative estimate of drug-likeness (QED) is 0.805. The molecule has 0 aliphatic heterocycles. The lowest BCUT2D eigenvalue weighted by Crippen LogP contribution is -2.18. The van der Waals surface area contributed by atoms with Crippen LogP contribution in [-0.2, 0) is 4.79 Å². The molecule has 0 bridgehead atoms. The first-order valence-electron chi connectivity index (χ1n) is 5.59. The van der Waals surface area contributed by atoms with Crippen LogP contribution in [0.15, 0.2) is 6.20 Å². The van der Waals surface area contributed by atoms with Gasteiger partial charge in [0.15, 0.2) is 0 Å². The first-order valence-corrected chi connectivity index (χ1v) is 5.59. The van der Waals surface area contributed by atoms with Crippen molar-refractivity contribution in [2.45, 2.75) is 34.6 Å². The van der Waals surface area contributed by atoms with Crippen LogP contribution in [0.1, 0.15) is 33.3 Å². The van der Waals surface area contributed by atoms with Gasteiger partial charge in [-0.25, -0.2) is 0 Å². The average Bonchev–Trinajstić information content (AvgIpc) is 2.44. The highest BCUT2D eigenvalue weighted by atomic mass is 16.2. The first kappa shape index (κ1) is 11.2. The van der Waals surface area contributed by atoms with Gasteiger partial charge in [0.05, 0.1) is 6.20 Å². The highest BCUT2D eigenvalue weighted by Crippen LogP contribution is 2.68. The van der Waals surface area contributed by atoms with Gasteiger partial charge in [-0.2, -0.15) is 5.10 Å². The molecular formula is C12H19N3O. The third-order valence-corrected chi connectivity index (χ3v) is 4.36. The molecule has 1 aliphatic carbocycles. The number of hydrogen-bond donors (Lipinski definition) is 2. The van der Waals surface area contributed by atoms with E-state index in [0.717, 1.165) is 5.56 Å². The lowest BCUT2D eigenvalue weighted by molar-refractivity contribution is -0.118. The number of nitrogens with zero attached hydrogens (tertiary/aromatic N) is 1. The standard InChI is InChI=1S/C12H19N3O/c1-7-6-13-15-9(7)14-10(16)8-11(2,3)12(8,4)5/h6,8H,1-5H3,(H2,13,14,15,16). The van der Waals surface area contributed by atoms with Crippen molar-refractivity contribution in [3.05, 3.63) is 11.8 Å². The van der Waals surface area contributed by atoms with E-state index in [4.69, 9.17) is 0 Å². The summed E-state index contributed by atoms with van der Waals surface area (Å²) in [5.74, 6) is 0.869. The molecule has 1 fully saturated rings. The smallest absolute Gasteiger partial charge is 0.229 e. The minimum atomic E-state index is 0.0719. The Bertz CT molecular complexity index is 417. The Kier molecular flexibility index (Phi) is 2.16. The number of nitrogens with one attached hydrogen (secondary N) is 2. The zero-order valence-electron chi connectivity index (χ0n) is 10.5. The fourth-order valence-electron chi connectivity index (χ4n) is 2.52. The molecule has 0 unspecified atom stereocenters. The molecular weight excluding hydrogens is 202 g/mol. The van der Waals surface area contributed by atoms with Crippen LogP contribution in [0, 0.1) is 23.7 Å². The molecule has 1 heterocycles. The molecule has 0 spiro atoms. The van der Waals surface area contributed by atoms with Crippen molar-refractivity contribution < 1.29 is 4.79 Å². The van der Waals surface area contributed by atoms with E-state index >= 15 is 0 Å². The normalized spacial score (nSPS) is 21.8. The molecule has 1 amide bonds. The second-order valence-corrected chi connectivity index (χ2v) is 5.79. The second kappa shape index (κ2) is 3.09. The molecule has 0 saturated heterocycles. The fraction of sp³-hybridized carbons (Fsp3) is 0.667. The molecule has 1 saturated carbocycles. The van der Waals surface area contributed by atoms with E-state index in [-0.39, 0.29) is 22.7 Å². The third-order valence-electron chi connectivity index (χ3n) is 4.36. The van der Waals surface area contributed by atoms with Crippen LogP contribution in [0.5, 0.6) is 0 Å². The number of carbonyl (C=O) groups excluding carboxylic acids is 1. The summed E-state index contributed by atoms with van der Waals surface area (Å²) in [4.78, 5) is 12.1. The number of aryl methyl sites for hydroxylation is 1. The fourth-order valence-corrected chi connectivity index (χ4v) is 2.52. The summed E-state index contributed by atoms with van der Waals surface area (Å²) >= 11 is 0. The van der Waals surface area contributed by atoms with E-state index < -0.39 is 0 Å². The number of hydrogen-bond acceptors (Lipinski definition) is 2. The summed E-state index contributed by atoms with van der Waals surface area (Å²) in [5, 5.41) is 9.59. The molecule has 4 heteroatoms. The maximum atomic E-state index is 12.1. The van der Waals surface area contributed by atoms with Gasteiger partial charge in [0.1, 0.15) is 5.82 Å². The predicted octanol–water partition coefficient (Wildman–Crippen LogP) is 2.34. The molecule has 88 valence electrons. The summed E-state index contributed by atoms with van der Waals surface area (Å²) < 4.78 is 0. The lowest BCUT2D eigenvalue weighted by Gasteiger charge is -2.04. The van der Waals surface area contributed by atoms with Crippen LogP contribution < -0.4 is 5.32 Å². The van der Waals surface area contributed by atoms with Crippen molar-refractivity contribution in [2.75, 3.05) is 5.32 Å². The zero-order chi connectivity index (χ0) is 12.1. The predicted molar refractivity (Wildman–Crippen MR) is 63.0 cm³/mol. The Morgan fingerprint density at radius 3 is 2.31 bits per heavy atom. The van der Waals surface area contributed by atoms with Crippen molar-refractivity contribution in [3.8, 4) is 0 Å². The lowest BCUT2D eigenvalue weighted by atomic mass is 10.0. The third kappa shape index (κ3) is 1.36. The van der Waals surface area contributed by atoms with Gasteiger partial charge in [-0.1, -0.05) is 27.7 Å². The number of anilines is 1. The topological polar surface area (TPSA) is 57.8 Å². The van der Waals surface area contributed by atoms with Crippen LogP contribution in [-0.4, -0.2) is 16.1 Å². The van der Waals surface area contributed by atoms with Gasteiger partial charge in [-0.15, -0.1) is 0 Å². The SMILES string of the molecule is Cc1cn[nH]c1NC(=O)C1C(C)(C)C1(C)C. The summed E-state index contributed by atoms with van der Waals surface area (Å²) in [6.45, 7) is 10.5. The molecule has 0 aromatic carbocycles. The largest absolute Gasteiger partial charge is 0.311 e. The number of aromatic amines is 1. The molecule has 2 rings (SSSR count). The number of amides is 1. The van der Waals surface area contributed by atoms with Crippen LogP contribution in [0.25, 0.3) is 0 Å². The molecule has 2 N–H and O–H groups in total. The Morgan fingerprint density at radius 1 is 1.38 bits per heavy atom. The highest BCUT2D eigenvalue weighted by molar-refractivity contribution is 5.95. The Morgan fingerprint density at radius 2 is 1.94 bits per heavy atom. The van der Waals surface area contributed by atoms with E-state index in [1.807, 2.05) is 6.92 Å². The Balaban J connectivity index is 2.10. The zero-order valence-corrected chi connectivity index (χ0v) is 10.5. The first-order chi connectivity index (χ1) is 7.28. The van der Waals surface area contributed by atoms with Gasteiger partial charge in [0, 0.05) is 11.5 Å². The number of rotatable bonds is 2. The van der Waals surface area contributed by atoms with E-state index in [2.05, 4.69) is 43.2 Å². The number of aromatic nitrogens is 2. The second-order valence-electron chi connectivity index (χ2n) is 5.79. The van der Waals surface area contributed by atoms with E-state index in [9.17, 15) is 4.79 Å².